The third-order valence-electron chi connectivity index (χ3n) is 3.21. The van der Waals surface area contributed by atoms with Gasteiger partial charge in [0, 0.05) is 11.8 Å². The Balaban J connectivity index is 2.00. The lowest BCUT2D eigenvalue weighted by molar-refractivity contribution is 0.0595. The quantitative estimate of drug-likeness (QED) is 0.691. The molecule has 1 saturated carbocycles. The van der Waals surface area contributed by atoms with Gasteiger partial charge in [-0.15, -0.1) is 0 Å². The molecule has 1 fully saturated rings. The fourth-order valence-corrected chi connectivity index (χ4v) is 3.35. The maximum absolute atomic E-state index is 9.73. The first-order chi connectivity index (χ1) is 7.14. The highest BCUT2D eigenvalue weighted by Crippen LogP contribution is 2.29. The zero-order chi connectivity index (χ0) is 11.1. The van der Waals surface area contributed by atoms with Gasteiger partial charge in [0.2, 0.25) is 0 Å². The van der Waals surface area contributed by atoms with Crippen LogP contribution >= 0.6 is 11.8 Å². The minimum atomic E-state index is -0.646. The van der Waals surface area contributed by atoms with Crippen molar-refractivity contribution < 1.29 is 5.11 Å². The van der Waals surface area contributed by atoms with Crippen molar-refractivity contribution in [3.63, 3.8) is 0 Å². The van der Waals surface area contributed by atoms with E-state index in [0.717, 1.165) is 18.1 Å². The van der Waals surface area contributed by atoms with Gasteiger partial charge in [0.15, 0.2) is 0 Å². The molecule has 15 heavy (non-hydrogen) atoms. The van der Waals surface area contributed by atoms with Gasteiger partial charge in [-0.05, 0) is 38.4 Å². The average molecular weight is 231 g/mol. The third-order valence-corrected chi connectivity index (χ3v) is 4.67. The fraction of sp³-hybridized carbons (Fsp3) is 1.00. The van der Waals surface area contributed by atoms with Crippen molar-refractivity contribution >= 4 is 11.8 Å². The van der Waals surface area contributed by atoms with Crippen LogP contribution in [-0.2, 0) is 0 Å². The van der Waals surface area contributed by atoms with Crippen LogP contribution in [0.25, 0.3) is 0 Å². The molecule has 0 bridgehead atoms. The molecule has 0 saturated heterocycles. The van der Waals surface area contributed by atoms with Gasteiger partial charge in [-0.3, -0.25) is 0 Å². The second-order valence-electron chi connectivity index (χ2n) is 4.94. The summed E-state index contributed by atoms with van der Waals surface area (Å²) in [7, 11) is 0. The van der Waals surface area contributed by atoms with Crippen LogP contribution in [0.3, 0.4) is 0 Å². The Kier molecular flexibility index (Phi) is 6.02. The summed E-state index contributed by atoms with van der Waals surface area (Å²) in [6, 6.07) is 0. The van der Waals surface area contributed by atoms with Crippen LogP contribution < -0.4 is 5.73 Å². The lowest BCUT2D eigenvalue weighted by Crippen LogP contribution is -2.34. The van der Waals surface area contributed by atoms with E-state index in [4.69, 9.17) is 5.73 Å². The Morgan fingerprint density at radius 3 is 2.60 bits per heavy atom. The molecular weight excluding hydrogens is 206 g/mol. The highest BCUT2D eigenvalue weighted by atomic mass is 32.2. The normalized spacial score (nSPS) is 22.6. The van der Waals surface area contributed by atoms with Crippen molar-refractivity contribution in [2.24, 2.45) is 5.73 Å². The van der Waals surface area contributed by atoms with Crippen LogP contribution in [0.1, 0.15) is 51.9 Å². The van der Waals surface area contributed by atoms with Crippen molar-refractivity contribution in [1.82, 2.24) is 0 Å². The molecule has 3 N–H and O–H groups in total. The molecule has 3 heteroatoms. The van der Waals surface area contributed by atoms with Crippen LogP contribution in [-0.4, -0.2) is 28.3 Å². The third kappa shape index (κ3) is 5.79. The second-order valence-corrected chi connectivity index (χ2v) is 6.34. The van der Waals surface area contributed by atoms with Crippen molar-refractivity contribution in [1.29, 1.82) is 0 Å². The van der Waals surface area contributed by atoms with Crippen LogP contribution in [0.5, 0.6) is 0 Å². The van der Waals surface area contributed by atoms with Crippen LogP contribution in [0.15, 0.2) is 0 Å². The van der Waals surface area contributed by atoms with E-state index in [2.05, 4.69) is 11.8 Å². The zero-order valence-corrected chi connectivity index (χ0v) is 10.7. The molecular formula is C12H25NOS. The molecule has 1 atom stereocenters. The van der Waals surface area contributed by atoms with E-state index in [1.54, 1.807) is 0 Å². The Bertz CT molecular complexity index is 167. The van der Waals surface area contributed by atoms with Crippen molar-refractivity contribution in [3.05, 3.63) is 0 Å². The largest absolute Gasteiger partial charge is 0.389 e. The van der Waals surface area contributed by atoms with Crippen LogP contribution in [0.4, 0.5) is 0 Å². The summed E-state index contributed by atoms with van der Waals surface area (Å²) in [4.78, 5) is 0. The maximum atomic E-state index is 9.73. The second kappa shape index (κ2) is 6.77. The first-order valence-electron chi connectivity index (χ1n) is 6.18. The molecule has 0 aromatic heterocycles. The van der Waals surface area contributed by atoms with E-state index in [1.807, 2.05) is 6.92 Å². The smallest absolute Gasteiger partial charge is 0.0741 e. The molecule has 0 aromatic carbocycles. The maximum Gasteiger partial charge on any atom is 0.0741 e. The molecule has 0 spiro atoms. The summed E-state index contributed by atoms with van der Waals surface area (Å²) in [5.41, 5.74) is 4.83. The minimum Gasteiger partial charge on any atom is -0.389 e. The van der Waals surface area contributed by atoms with E-state index in [9.17, 15) is 5.11 Å². The van der Waals surface area contributed by atoms with Gasteiger partial charge in [0.05, 0.1) is 5.60 Å². The standard InChI is InChI=1S/C12H25NOS/c1-12(14,10-13)8-5-9-15-11-6-3-2-4-7-11/h11,14H,2-10,13H2,1H3. The fourth-order valence-electron chi connectivity index (χ4n) is 2.04. The van der Waals surface area contributed by atoms with Crippen LogP contribution in [0.2, 0.25) is 0 Å². The molecule has 0 aromatic rings. The van der Waals surface area contributed by atoms with Crippen LogP contribution in [0, 0.1) is 0 Å². The summed E-state index contributed by atoms with van der Waals surface area (Å²) < 4.78 is 0. The topological polar surface area (TPSA) is 46.2 Å². The zero-order valence-electron chi connectivity index (χ0n) is 9.87. The Morgan fingerprint density at radius 2 is 2.00 bits per heavy atom. The predicted octanol–water partition coefficient (Wildman–Crippen LogP) is 2.54. The molecule has 0 heterocycles. The highest BCUT2D eigenvalue weighted by Gasteiger charge is 2.18. The SMILES string of the molecule is CC(O)(CN)CCCSC1CCCCC1. The first kappa shape index (κ1) is 13.3. The lowest BCUT2D eigenvalue weighted by Gasteiger charge is -2.23. The molecule has 0 aliphatic heterocycles. The molecule has 2 nitrogen and oxygen atoms in total. The monoisotopic (exact) mass is 231 g/mol. The molecule has 1 rings (SSSR count). The van der Waals surface area contributed by atoms with E-state index in [0.29, 0.717) is 6.54 Å². The summed E-state index contributed by atoms with van der Waals surface area (Å²) >= 11 is 2.10. The first-order valence-corrected chi connectivity index (χ1v) is 7.23. The predicted molar refractivity (Wildman–Crippen MR) is 68.2 cm³/mol. The number of hydrogen-bond donors (Lipinski definition) is 2. The molecule has 0 amide bonds. The van der Waals surface area contributed by atoms with Crippen molar-refractivity contribution in [3.8, 4) is 0 Å². The molecule has 0 radical (unpaired) electrons. The average Bonchev–Trinajstić information content (AvgIpc) is 2.26. The van der Waals surface area contributed by atoms with E-state index < -0.39 is 5.60 Å². The lowest BCUT2D eigenvalue weighted by atomic mass is 10.0. The Morgan fingerprint density at radius 1 is 1.33 bits per heavy atom. The van der Waals surface area contributed by atoms with Gasteiger partial charge < -0.3 is 10.8 Å². The van der Waals surface area contributed by atoms with Gasteiger partial charge in [0.1, 0.15) is 0 Å². The molecule has 1 aliphatic carbocycles. The van der Waals surface area contributed by atoms with Gasteiger partial charge in [0.25, 0.3) is 0 Å². The summed E-state index contributed by atoms with van der Waals surface area (Å²) in [6.45, 7) is 2.21. The van der Waals surface area contributed by atoms with Gasteiger partial charge in [-0.25, -0.2) is 0 Å². The minimum absolute atomic E-state index is 0.376. The van der Waals surface area contributed by atoms with Crippen molar-refractivity contribution in [2.45, 2.75) is 62.7 Å². The molecule has 1 unspecified atom stereocenters. The van der Waals surface area contributed by atoms with E-state index in [-0.39, 0.29) is 0 Å². The number of rotatable bonds is 6. The summed E-state index contributed by atoms with van der Waals surface area (Å²) in [5, 5.41) is 10.6. The summed E-state index contributed by atoms with van der Waals surface area (Å²) in [6.07, 6.45) is 8.99. The molecule has 90 valence electrons. The highest BCUT2D eigenvalue weighted by molar-refractivity contribution is 7.99. The van der Waals surface area contributed by atoms with Gasteiger partial charge >= 0.3 is 0 Å². The molecule has 1 aliphatic rings. The Labute approximate surface area is 98.0 Å². The van der Waals surface area contributed by atoms with E-state index in [1.165, 1.54) is 37.9 Å². The van der Waals surface area contributed by atoms with Gasteiger partial charge in [-0.1, -0.05) is 19.3 Å². The Hall–Kier alpha value is 0.270. The van der Waals surface area contributed by atoms with Crippen molar-refractivity contribution in [2.75, 3.05) is 12.3 Å². The number of nitrogens with two attached hydrogens (primary N) is 1. The number of hydrogen-bond acceptors (Lipinski definition) is 3. The summed E-state index contributed by atoms with van der Waals surface area (Å²) in [5.74, 6) is 1.18. The van der Waals surface area contributed by atoms with E-state index >= 15 is 0 Å². The van der Waals surface area contributed by atoms with Gasteiger partial charge in [-0.2, -0.15) is 11.8 Å². The number of aliphatic hydroxyl groups is 1. The number of thioether (sulfide) groups is 1.